The molecule has 0 spiro atoms. The van der Waals surface area contributed by atoms with Crippen LogP contribution in [0, 0.1) is 11.3 Å². The minimum atomic E-state index is -1.80. The van der Waals surface area contributed by atoms with E-state index in [1.807, 2.05) is 0 Å². The van der Waals surface area contributed by atoms with Gasteiger partial charge in [0.15, 0.2) is 12.6 Å². The maximum absolute atomic E-state index is 11.4. The quantitative estimate of drug-likeness (QED) is 0.259. The molecule has 140 valence electrons. The average Bonchev–Trinajstić information content (AvgIpc) is 2.66. The molecule has 0 fully saturated rings. The van der Waals surface area contributed by atoms with Gasteiger partial charge in [0.1, 0.15) is 23.1 Å². The van der Waals surface area contributed by atoms with Gasteiger partial charge < -0.3 is 29.9 Å². The molecule has 0 saturated heterocycles. The van der Waals surface area contributed by atoms with Crippen LogP contribution in [0.3, 0.4) is 0 Å². The fraction of sp³-hybridized carbons (Fsp3) is 0.158. The second kappa shape index (κ2) is 8.93. The third-order valence-electron chi connectivity index (χ3n) is 3.50. The highest BCUT2D eigenvalue weighted by Crippen LogP contribution is 2.28. The Morgan fingerprint density at radius 3 is 2.00 bits per heavy atom. The minimum Gasteiger partial charge on any atom is -0.465 e. The van der Waals surface area contributed by atoms with Gasteiger partial charge in [0, 0.05) is 11.1 Å². The number of aliphatic hydroxyl groups is 4. The van der Waals surface area contributed by atoms with Crippen molar-refractivity contribution in [3.63, 3.8) is 0 Å². The number of aliphatic hydroxyl groups excluding tert-OH is 2. The van der Waals surface area contributed by atoms with Crippen LogP contribution in [0.25, 0.3) is 6.08 Å². The normalized spacial score (nSPS) is 11.4. The van der Waals surface area contributed by atoms with Crippen molar-refractivity contribution >= 4 is 12.0 Å². The van der Waals surface area contributed by atoms with Gasteiger partial charge in [-0.2, -0.15) is 5.26 Å². The first-order valence-electron chi connectivity index (χ1n) is 7.69. The minimum absolute atomic E-state index is 0.0342. The maximum Gasteiger partial charge on any atom is 0.348 e. The molecule has 0 aliphatic rings. The Labute approximate surface area is 154 Å². The standard InChI is InChI=1S/C19H17NO7/c1-26-19(25)14(10-20)6-11-2-4-15(5-3-11)27-16-8-12(17(21)22)7-13(9-16)18(23)24/h2-9,17-18,21-24H,1H3/b14-6+. The highest BCUT2D eigenvalue weighted by molar-refractivity contribution is 5.97. The predicted molar refractivity (Wildman–Crippen MR) is 92.9 cm³/mol. The van der Waals surface area contributed by atoms with Crippen LogP contribution in [-0.4, -0.2) is 33.5 Å². The summed E-state index contributed by atoms with van der Waals surface area (Å²) >= 11 is 0. The summed E-state index contributed by atoms with van der Waals surface area (Å²) in [6.07, 6.45) is -2.25. The van der Waals surface area contributed by atoms with E-state index in [0.717, 1.165) is 0 Å². The topological polar surface area (TPSA) is 140 Å². The molecule has 0 aliphatic carbocycles. The third kappa shape index (κ3) is 5.37. The summed E-state index contributed by atoms with van der Waals surface area (Å²) in [6, 6.07) is 12.0. The lowest BCUT2D eigenvalue weighted by molar-refractivity contribution is -0.135. The Morgan fingerprint density at radius 1 is 1.00 bits per heavy atom. The summed E-state index contributed by atoms with van der Waals surface area (Å²) < 4.78 is 10.1. The molecule has 4 N–H and O–H groups in total. The summed E-state index contributed by atoms with van der Waals surface area (Å²) in [5.41, 5.74) is 0.478. The smallest absolute Gasteiger partial charge is 0.348 e. The van der Waals surface area contributed by atoms with Gasteiger partial charge in [-0.1, -0.05) is 12.1 Å². The first-order valence-corrected chi connectivity index (χ1v) is 7.69. The van der Waals surface area contributed by atoms with Crippen molar-refractivity contribution in [2.75, 3.05) is 7.11 Å². The number of nitrogens with zero attached hydrogens (tertiary/aromatic N) is 1. The van der Waals surface area contributed by atoms with E-state index in [1.165, 1.54) is 31.4 Å². The van der Waals surface area contributed by atoms with Gasteiger partial charge in [-0.15, -0.1) is 0 Å². The summed E-state index contributed by atoms with van der Waals surface area (Å²) in [4.78, 5) is 11.4. The zero-order valence-corrected chi connectivity index (χ0v) is 14.2. The van der Waals surface area contributed by atoms with Crippen LogP contribution in [0.2, 0.25) is 0 Å². The number of hydrogen-bond acceptors (Lipinski definition) is 8. The molecule has 0 aromatic heterocycles. The van der Waals surface area contributed by atoms with Crippen LogP contribution in [-0.2, 0) is 9.53 Å². The molecule has 2 aromatic carbocycles. The second-order valence-corrected chi connectivity index (χ2v) is 5.42. The van der Waals surface area contributed by atoms with Crippen LogP contribution >= 0.6 is 0 Å². The number of hydrogen-bond donors (Lipinski definition) is 4. The molecule has 0 aliphatic heterocycles. The van der Waals surface area contributed by atoms with Crippen molar-refractivity contribution < 1.29 is 34.7 Å². The molecule has 8 nitrogen and oxygen atoms in total. The monoisotopic (exact) mass is 371 g/mol. The third-order valence-corrected chi connectivity index (χ3v) is 3.50. The molecular formula is C19H17NO7. The molecule has 0 bridgehead atoms. The lowest BCUT2D eigenvalue weighted by Crippen LogP contribution is -2.02. The first-order chi connectivity index (χ1) is 12.8. The second-order valence-electron chi connectivity index (χ2n) is 5.42. The predicted octanol–water partition coefficient (Wildman–Crippen LogP) is 1.53. The van der Waals surface area contributed by atoms with Gasteiger partial charge in [-0.3, -0.25) is 0 Å². The van der Waals surface area contributed by atoms with Gasteiger partial charge in [-0.25, -0.2) is 4.79 Å². The Morgan fingerprint density at radius 2 is 1.56 bits per heavy atom. The maximum atomic E-state index is 11.4. The SMILES string of the molecule is COC(=O)/C(C#N)=C/c1ccc(Oc2cc(C(O)O)cc(C(O)O)c2)cc1. The van der Waals surface area contributed by atoms with Gasteiger partial charge in [0.05, 0.1) is 7.11 Å². The van der Waals surface area contributed by atoms with Gasteiger partial charge in [0.25, 0.3) is 0 Å². The molecule has 2 rings (SSSR count). The van der Waals surface area contributed by atoms with Crippen molar-refractivity contribution in [2.24, 2.45) is 0 Å². The number of rotatable bonds is 6. The lowest BCUT2D eigenvalue weighted by atomic mass is 10.1. The number of esters is 1. The Bertz CT molecular complexity index is 854. The lowest BCUT2D eigenvalue weighted by Gasteiger charge is -2.13. The Hall–Kier alpha value is -3.22. The molecule has 0 amide bonds. The van der Waals surface area contributed by atoms with E-state index in [9.17, 15) is 25.2 Å². The highest BCUT2D eigenvalue weighted by Gasteiger charge is 2.12. The van der Waals surface area contributed by atoms with Gasteiger partial charge >= 0.3 is 5.97 Å². The highest BCUT2D eigenvalue weighted by atomic mass is 16.5. The van der Waals surface area contributed by atoms with E-state index < -0.39 is 18.5 Å². The largest absolute Gasteiger partial charge is 0.465 e. The van der Waals surface area contributed by atoms with E-state index in [1.54, 1.807) is 30.3 Å². The molecule has 0 atom stereocenters. The van der Waals surface area contributed by atoms with Gasteiger partial charge in [0.2, 0.25) is 0 Å². The molecule has 0 unspecified atom stereocenters. The Kier molecular flexibility index (Phi) is 6.65. The number of ether oxygens (including phenoxy) is 2. The number of carbonyl (C=O) groups is 1. The van der Waals surface area contributed by atoms with E-state index in [2.05, 4.69) is 4.74 Å². The van der Waals surface area contributed by atoms with Crippen molar-refractivity contribution in [3.8, 4) is 17.6 Å². The summed E-state index contributed by atoms with van der Waals surface area (Å²) in [5, 5.41) is 46.1. The number of benzene rings is 2. The fourth-order valence-corrected chi connectivity index (χ4v) is 2.18. The molecule has 2 aromatic rings. The zero-order valence-electron chi connectivity index (χ0n) is 14.2. The van der Waals surface area contributed by atoms with Crippen molar-refractivity contribution in [3.05, 3.63) is 64.7 Å². The molecule has 0 saturated carbocycles. The van der Waals surface area contributed by atoms with Crippen LogP contribution in [0.1, 0.15) is 29.3 Å². The summed E-state index contributed by atoms with van der Waals surface area (Å²) in [7, 11) is 1.18. The van der Waals surface area contributed by atoms with Crippen LogP contribution in [0.15, 0.2) is 48.0 Å². The van der Waals surface area contributed by atoms with Crippen molar-refractivity contribution in [1.29, 1.82) is 5.26 Å². The van der Waals surface area contributed by atoms with Crippen LogP contribution in [0.4, 0.5) is 0 Å². The van der Waals surface area contributed by atoms with Crippen LogP contribution in [0.5, 0.6) is 11.5 Å². The van der Waals surface area contributed by atoms with E-state index in [4.69, 9.17) is 10.00 Å². The first kappa shape index (κ1) is 20.1. The van der Waals surface area contributed by atoms with Crippen molar-refractivity contribution in [1.82, 2.24) is 0 Å². The molecule has 0 heterocycles. The summed E-state index contributed by atoms with van der Waals surface area (Å²) in [6.45, 7) is 0. The zero-order chi connectivity index (χ0) is 20.0. The van der Waals surface area contributed by atoms with E-state index in [0.29, 0.717) is 11.3 Å². The number of methoxy groups -OCH3 is 1. The average molecular weight is 371 g/mol. The van der Waals surface area contributed by atoms with E-state index >= 15 is 0 Å². The molecule has 27 heavy (non-hydrogen) atoms. The number of carbonyl (C=O) groups excluding carboxylic acids is 1. The van der Waals surface area contributed by atoms with Gasteiger partial charge in [-0.05, 0) is 42.0 Å². The van der Waals surface area contributed by atoms with Crippen molar-refractivity contribution in [2.45, 2.75) is 12.6 Å². The summed E-state index contributed by atoms with van der Waals surface area (Å²) in [5.74, 6) is -0.210. The Balaban J connectivity index is 2.25. The molecule has 8 heteroatoms. The molecular weight excluding hydrogens is 354 g/mol. The van der Waals surface area contributed by atoms with E-state index in [-0.39, 0.29) is 22.4 Å². The van der Waals surface area contributed by atoms with Crippen LogP contribution < -0.4 is 4.74 Å². The molecule has 0 radical (unpaired) electrons. The number of nitriles is 1. The fourth-order valence-electron chi connectivity index (χ4n) is 2.18.